The Morgan fingerprint density at radius 3 is 2.31 bits per heavy atom. The molecule has 86 valence electrons. The molecule has 1 aromatic rings. The van der Waals surface area contributed by atoms with Gasteiger partial charge in [-0.05, 0) is 38.3 Å². The molecule has 0 saturated carbocycles. The van der Waals surface area contributed by atoms with E-state index in [-0.39, 0.29) is 0 Å². The molecule has 0 aromatic heterocycles. The third-order valence-corrected chi connectivity index (χ3v) is 2.33. The van der Waals surface area contributed by atoms with Gasteiger partial charge >= 0.3 is 0 Å². The van der Waals surface area contributed by atoms with Crippen LogP contribution in [0, 0.1) is 0 Å². The van der Waals surface area contributed by atoms with Gasteiger partial charge in [-0.1, -0.05) is 48.6 Å². The largest absolute Gasteiger partial charge is 0.386 e. The summed E-state index contributed by atoms with van der Waals surface area (Å²) in [7, 11) is 0. The predicted molar refractivity (Wildman–Crippen MR) is 70.3 cm³/mol. The molecular weight excluding hydrogens is 196 g/mol. The Labute approximate surface area is 98.1 Å². The van der Waals surface area contributed by atoms with Crippen molar-refractivity contribution in [1.82, 2.24) is 0 Å². The molecule has 0 amide bonds. The zero-order chi connectivity index (χ0) is 12.2. The van der Waals surface area contributed by atoms with E-state index >= 15 is 0 Å². The molecule has 0 atom stereocenters. The molecular formula is C15H20O. The van der Waals surface area contributed by atoms with E-state index in [1.165, 1.54) is 11.1 Å². The summed E-state index contributed by atoms with van der Waals surface area (Å²) in [6.45, 7) is 9.45. The van der Waals surface area contributed by atoms with Gasteiger partial charge in [-0.25, -0.2) is 0 Å². The predicted octanol–water partition coefficient (Wildman–Crippen LogP) is 3.59. The maximum absolute atomic E-state index is 9.51. The topological polar surface area (TPSA) is 20.2 Å². The van der Waals surface area contributed by atoms with E-state index in [0.717, 1.165) is 12.0 Å². The molecule has 0 radical (unpaired) electrons. The molecule has 1 N–H and O–H groups in total. The molecule has 1 nitrogen and oxygen atoms in total. The second-order valence-corrected chi connectivity index (χ2v) is 4.74. The van der Waals surface area contributed by atoms with Gasteiger partial charge < -0.3 is 5.11 Å². The first kappa shape index (κ1) is 12.7. The van der Waals surface area contributed by atoms with E-state index in [4.69, 9.17) is 0 Å². The molecule has 0 aliphatic rings. The molecule has 1 rings (SSSR count). The van der Waals surface area contributed by atoms with Crippen LogP contribution in [0.4, 0.5) is 0 Å². The average molecular weight is 216 g/mol. The van der Waals surface area contributed by atoms with Gasteiger partial charge in [0.25, 0.3) is 0 Å². The fourth-order valence-corrected chi connectivity index (χ4v) is 1.41. The number of hydrogen-bond donors (Lipinski definition) is 1. The molecule has 0 fully saturated rings. The van der Waals surface area contributed by atoms with Crippen molar-refractivity contribution in [2.24, 2.45) is 0 Å². The summed E-state index contributed by atoms with van der Waals surface area (Å²) in [6.07, 6.45) is 4.66. The zero-order valence-electron chi connectivity index (χ0n) is 10.3. The Morgan fingerprint density at radius 1 is 1.31 bits per heavy atom. The summed E-state index contributed by atoms with van der Waals surface area (Å²) < 4.78 is 0. The lowest BCUT2D eigenvalue weighted by molar-refractivity contribution is 0.133. The van der Waals surface area contributed by atoms with E-state index in [0.29, 0.717) is 0 Å². The molecule has 16 heavy (non-hydrogen) atoms. The molecule has 0 bridgehead atoms. The first-order valence-electron chi connectivity index (χ1n) is 5.53. The van der Waals surface area contributed by atoms with Crippen LogP contribution >= 0.6 is 0 Å². The fraction of sp³-hybridized carbons (Fsp3) is 0.333. The Bertz CT molecular complexity index is 377. The standard InChI is InChI=1S/C15H20O/c1-12(2)14-9-7-13(8-10-14)6-5-11-15(3,4)16/h5,7-11,16H,1,6H2,2-4H3. The minimum absolute atomic E-state index is 0.725. The SMILES string of the molecule is C=C(C)c1ccc(CC=CC(C)(C)O)cc1. The Morgan fingerprint density at radius 2 is 1.88 bits per heavy atom. The lowest BCUT2D eigenvalue weighted by atomic mass is 10.0. The highest BCUT2D eigenvalue weighted by atomic mass is 16.3. The van der Waals surface area contributed by atoms with Crippen molar-refractivity contribution in [2.45, 2.75) is 32.8 Å². The second-order valence-electron chi connectivity index (χ2n) is 4.74. The van der Waals surface area contributed by atoms with Gasteiger partial charge in [0.1, 0.15) is 0 Å². The summed E-state index contributed by atoms with van der Waals surface area (Å²) in [5, 5.41) is 9.51. The van der Waals surface area contributed by atoms with E-state index in [2.05, 4.69) is 30.8 Å². The van der Waals surface area contributed by atoms with Crippen LogP contribution in [0.15, 0.2) is 43.0 Å². The molecule has 0 aliphatic heterocycles. The second kappa shape index (κ2) is 5.13. The first-order chi connectivity index (χ1) is 7.38. The Balaban J connectivity index is 2.63. The van der Waals surface area contributed by atoms with Gasteiger partial charge in [-0.15, -0.1) is 0 Å². The van der Waals surface area contributed by atoms with Crippen LogP contribution in [-0.2, 0) is 6.42 Å². The van der Waals surface area contributed by atoms with Crippen LogP contribution in [0.2, 0.25) is 0 Å². The Hall–Kier alpha value is -1.34. The number of rotatable bonds is 4. The quantitative estimate of drug-likeness (QED) is 0.763. The van der Waals surface area contributed by atoms with Gasteiger partial charge in [0, 0.05) is 0 Å². The van der Waals surface area contributed by atoms with Gasteiger partial charge in [-0.3, -0.25) is 0 Å². The highest BCUT2D eigenvalue weighted by Gasteiger charge is 2.05. The molecule has 0 heterocycles. The van der Waals surface area contributed by atoms with Crippen molar-refractivity contribution in [3.8, 4) is 0 Å². The number of aliphatic hydroxyl groups is 1. The summed E-state index contributed by atoms with van der Waals surface area (Å²) >= 11 is 0. The van der Waals surface area contributed by atoms with Gasteiger partial charge in [0.2, 0.25) is 0 Å². The van der Waals surface area contributed by atoms with Crippen LogP contribution < -0.4 is 0 Å². The lowest BCUT2D eigenvalue weighted by Gasteiger charge is -2.10. The van der Waals surface area contributed by atoms with Crippen molar-refractivity contribution in [1.29, 1.82) is 0 Å². The number of allylic oxidation sites excluding steroid dienone is 2. The number of hydrogen-bond acceptors (Lipinski definition) is 1. The van der Waals surface area contributed by atoms with E-state index in [9.17, 15) is 5.11 Å². The highest BCUT2D eigenvalue weighted by molar-refractivity contribution is 5.61. The van der Waals surface area contributed by atoms with Crippen molar-refractivity contribution in [3.05, 3.63) is 54.1 Å². The minimum Gasteiger partial charge on any atom is -0.386 e. The molecule has 0 spiro atoms. The highest BCUT2D eigenvalue weighted by Crippen LogP contribution is 2.13. The van der Waals surface area contributed by atoms with E-state index in [1.54, 1.807) is 13.8 Å². The van der Waals surface area contributed by atoms with Gasteiger partial charge in [0.15, 0.2) is 0 Å². The van der Waals surface area contributed by atoms with Crippen molar-refractivity contribution in [2.75, 3.05) is 0 Å². The molecule has 1 heteroatoms. The third kappa shape index (κ3) is 4.45. The molecule has 0 unspecified atom stereocenters. The maximum Gasteiger partial charge on any atom is 0.0771 e. The monoisotopic (exact) mass is 216 g/mol. The van der Waals surface area contributed by atoms with Crippen LogP contribution in [-0.4, -0.2) is 10.7 Å². The lowest BCUT2D eigenvalue weighted by Crippen LogP contribution is -2.13. The summed E-state index contributed by atoms with van der Waals surface area (Å²) in [5.74, 6) is 0. The van der Waals surface area contributed by atoms with Crippen LogP contribution in [0.5, 0.6) is 0 Å². The summed E-state index contributed by atoms with van der Waals surface area (Å²) in [4.78, 5) is 0. The number of benzene rings is 1. The molecule has 1 aromatic carbocycles. The fourth-order valence-electron chi connectivity index (χ4n) is 1.41. The van der Waals surface area contributed by atoms with E-state index in [1.807, 2.05) is 19.1 Å². The first-order valence-corrected chi connectivity index (χ1v) is 5.53. The minimum atomic E-state index is -0.725. The van der Waals surface area contributed by atoms with Crippen LogP contribution in [0.3, 0.4) is 0 Å². The smallest absolute Gasteiger partial charge is 0.0771 e. The maximum atomic E-state index is 9.51. The zero-order valence-corrected chi connectivity index (χ0v) is 10.3. The van der Waals surface area contributed by atoms with Gasteiger partial charge in [0.05, 0.1) is 5.60 Å². The Kier molecular flexibility index (Phi) is 4.08. The third-order valence-electron chi connectivity index (χ3n) is 2.33. The molecule has 0 aliphatic carbocycles. The molecule has 0 saturated heterocycles. The van der Waals surface area contributed by atoms with Crippen LogP contribution in [0.1, 0.15) is 31.9 Å². The van der Waals surface area contributed by atoms with Gasteiger partial charge in [-0.2, -0.15) is 0 Å². The van der Waals surface area contributed by atoms with Crippen LogP contribution in [0.25, 0.3) is 5.57 Å². The average Bonchev–Trinajstić information content (AvgIpc) is 2.16. The summed E-state index contributed by atoms with van der Waals surface area (Å²) in [5.41, 5.74) is 2.77. The summed E-state index contributed by atoms with van der Waals surface area (Å²) in [6, 6.07) is 8.35. The van der Waals surface area contributed by atoms with Crippen molar-refractivity contribution < 1.29 is 5.11 Å². The van der Waals surface area contributed by atoms with Crippen molar-refractivity contribution >= 4 is 5.57 Å². The van der Waals surface area contributed by atoms with E-state index < -0.39 is 5.60 Å². The van der Waals surface area contributed by atoms with Crippen molar-refractivity contribution in [3.63, 3.8) is 0 Å². The normalized spacial score (nSPS) is 12.0.